The number of carbonyl (C=O) groups excluding carboxylic acids is 1. The average Bonchev–Trinajstić information content (AvgIpc) is 3.17. The van der Waals surface area contributed by atoms with Gasteiger partial charge in [0.05, 0.1) is 30.4 Å². The van der Waals surface area contributed by atoms with E-state index in [0.717, 1.165) is 11.1 Å². The maximum atomic E-state index is 12.6. The van der Waals surface area contributed by atoms with Crippen molar-refractivity contribution in [2.24, 2.45) is 12.8 Å². The molecule has 0 aliphatic rings. The molecule has 3 rings (SSSR count). The minimum absolute atomic E-state index is 0.213. The first kappa shape index (κ1) is 24.5. The lowest BCUT2D eigenvalue weighted by atomic mass is 10.1. The molecule has 1 aromatic heterocycles. The van der Waals surface area contributed by atoms with Crippen molar-refractivity contribution in [3.63, 3.8) is 0 Å². The Labute approximate surface area is 198 Å². The van der Waals surface area contributed by atoms with Crippen molar-refractivity contribution in [2.45, 2.75) is 42.9 Å². The lowest BCUT2D eigenvalue weighted by Crippen LogP contribution is -2.51. The highest BCUT2D eigenvalue weighted by atomic mass is 32.2. The second kappa shape index (κ2) is 11.1. The predicted octanol–water partition coefficient (Wildman–Crippen LogP) is 3.09. The molecule has 0 aliphatic heterocycles. The Morgan fingerprint density at radius 1 is 1.21 bits per heavy atom. The SMILES string of the molecule is Cn1c(SCc2ccccc2C#N)nnc1C(COCc1ccccc1)NC(=O)C(C)(C)N. The van der Waals surface area contributed by atoms with Gasteiger partial charge in [0.2, 0.25) is 5.91 Å². The molecule has 8 nitrogen and oxygen atoms in total. The van der Waals surface area contributed by atoms with Gasteiger partial charge in [-0.3, -0.25) is 4.79 Å². The van der Waals surface area contributed by atoms with E-state index < -0.39 is 11.6 Å². The van der Waals surface area contributed by atoms with Crippen molar-refractivity contribution >= 4 is 17.7 Å². The third kappa shape index (κ3) is 6.65. The van der Waals surface area contributed by atoms with Crippen LogP contribution in [-0.2, 0) is 28.9 Å². The molecule has 1 atom stereocenters. The molecular weight excluding hydrogens is 436 g/mol. The number of benzene rings is 2. The quantitative estimate of drug-likeness (QED) is 0.443. The lowest BCUT2D eigenvalue weighted by molar-refractivity contribution is -0.126. The number of carbonyl (C=O) groups is 1. The molecule has 0 radical (unpaired) electrons. The molecule has 0 fully saturated rings. The molecule has 0 saturated heterocycles. The Morgan fingerprint density at radius 3 is 2.61 bits per heavy atom. The molecule has 1 amide bonds. The third-order valence-corrected chi connectivity index (χ3v) is 6.03. The van der Waals surface area contributed by atoms with E-state index in [9.17, 15) is 10.1 Å². The van der Waals surface area contributed by atoms with Crippen molar-refractivity contribution in [2.75, 3.05) is 6.61 Å². The Balaban J connectivity index is 1.74. The number of nitrogens with two attached hydrogens (primary N) is 1. The van der Waals surface area contributed by atoms with E-state index in [4.69, 9.17) is 10.5 Å². The van der Waals surface area contributed by atoms with Crippen LogP contribution in [0.25, 0.3) is 0 Å². The molecule has 9 heteroatoms. The fourth-order valence-electron chi connectivity index (χ4n) is 3.05. The molecule has 172 valence electrons. The Bertz CT molecular complexity index is 1120. The third-order valence-electron chi connectivity index (χ3n) is 4.96. The van der Waals surface area contributed by atoms with Crippen LogP contribution in [0.2, 0.25) is 0 Å². The van der Waals surface area contributed by atoms with Gasteiger partial charge in [-0.1, -0.05) is 60.3 Å². The summed E-state index contributed by atoms with van der Waals surface area (Å²) < 4.78 is 7.73. The van der Waals surface area contributed by atoms with E-state index in [1.165, 1.54) is 11.8 Å². The van der Waals surface area contributed by atoms with Crippen LogP contribution in [-0.4, -0.2) is 32.8 Å². The second-order valence-electron chi connectivity index (χ2n) is 8.21. The van der Waals surface area contributed by atoms with Gasteiger partial charge in [-0.25, -0.2) is 0 Å². The lowest BCUT2D eigenvalue weighted by Gasteiger charge is -2.24. The van der Waals surface area contributed by atoms with Crippen LogP contribution in [0.15, 0.2) is 59.8 Å². The summed E-state index contributed by atoms with van der Waals surface area (Å²) in [6.07, 6.45) is 0. The predicted molar refractivity (Wildman–Crippen MR) is 127 cm³/mol. The van der Waals surface area contributed by atoms with Crippen molar-refractivity contribution in [3.05, 3.63) is 77.1 Å². The van der Waals surface area contributed by atoms with Gasteiger partial charge in [0.25, 0.3) is 0 Å². The fourth-order valence-corrected chi connectivity index (χ4v) is 3.97. The zero-order valence-corrected chi connectivity index (χ0v) is 19.8. The number of nitrogens with zero attached hydrogens (tertiary/aromatic N) is 4. The van der Waals surface area contributed by atoms with Gasteiger partial charge in [-0.2, -0.15) is 5.26 Å². The maximum absolute atomic E-state index is 12.6. The number of rotatable bonds is 10. The van der Waals surface area contributed by atoms with Crippen molar-refractivity contribution in [1.82, 2.24) is 20.1 Å². The molecule has 3 aromatic rings. The number of ether oxygens (including phenoxy) is 1. The zero-order valence-electron chi connectivity index (χ0n) is 19.0. The topological polar surface area (TPSA) is 119 Å². The van der Waals surface area contributed by atoms with Crippen LogP contribution in [0.5, 0.6) is 0 Å². The number of hydrogen-bond donors (Lipinski definition) is 2. The van der Waals surface area contributed by atoms with E-state index in [0.29, 0.717) is 28.9 Å². The summed E-state index contributed by atoms with van der Waals surface area (Å²) >= 11 is 1.47. The Morgan fingerprint density at radius 2 is 1.91 bits per heavy atom. The summed E-state index contributed by atoms with van der Waals surface area (Å²) in [5.41, 5.74) is 7.53. The Kier molecular flexibility index (Phi) is 8.22. The summed E-state index contributed by atoms with van der Waals surface area (Å²) in [4.78, 5) is 12.6. The van der Waals surface area contributed by atoms with Gasteiger partial charge in [-0.05, 0) is 31.0 Å². The molecule has 3 N–H and O–H groups in total. The van der Waals surface area contributed by atoms with Crippen molar-refractivity contribution in [3.8, 4) is 6.07 Å². The first-order chi connectivity index (χ1) is 15.8. The summed E-state index contributed by atoms with van der Waals surface area (Å²) in [6.45, 7) is 3.91. The van der Waals surface area contributed by atoms with Crippen molar-refractivity contribution in [1.29, 1.82) is 5.26 Å². The number of nitriles is 1. The minimum atomic E-state index is -1.05. The smallest absolute Gasteiger partial charge is 0.240 e. The largest absolute Gasteiger partial charge is 0.374 e. The average molecular weight is 465 g/mol. The van der Waals surface area contributed by atoms with Crippen LogP contribution in [0.4, 0.5) is 0 Å². The molecular formula is C24H28N6O2S. The highest BCUT2D eigenvalue weighted by molar-refractivity contribution is 7.98. The van der Waals surface area contributed by atoms with Crippen LogP contribution >= 0.6 is 11.8 Å². The second-order valence-corrected chi connectivity index (χ2v) is 9.15. The number of amides is 1. The van der Waals surface area contributed by atoms with E-state index in [-0.39, 0.29) is 12.5 Å². The molecule has 33 heavy (non-hydrogen) atoms. The van der Waals surface area contributed by atoms with Gasteiger partial charge in [-0.15, -0.1) is 10.2 Å². The molecule has 2 aromatic carbocycles. The van der Waals surface area contributed by atoms with Crippen molar-refractivity contribution < 1.29 is 9.53 Å². The number of thioether (sulfide) groups is 1. The van der Waals surface area contributed by atoms with E-state index in [1.807, 2.05) is 60.1 Å². The van der Waals surface area contributed by atoms with Gasteiger partial charge < -0.3 is 20.4 Å². The Hall–Kier alpha value is -3.19. The highest BCUT2D eigenvalue weighted by Crippen LogP contribution is 2.25. The monoisotopic (exact) mass is 464 g/mol. The summed E-state index contributed by atoms with van der Waals surface area (Å²) in [5, 5.41) is 21.5. The number of nitrogens with one attached hydrogen (secondary N) is 1. The molecule has 0 saturated carbocycles. The van der Waals surface area contributed by atoms with Crippen LogP contribution < -0.4 is 11.1 Å². The van der Waals surface area contributed by atoms with Gasteiger partial charge in [0.15, 0.2) is 11.0 Å². The normalized spacial score (nSPS) is 12.2. The van der Waals surface area contributed by atoms with Crippen LogP contribution in [0, 0.1) is 11.3 Å². The van der Waals surface area contributed by atoms with E-state index in [2.05, 4.69) is 21.6 Å². The minimum Gasteiger partial charge on any atom is -0.374 e. The van der Waals surface area contributed by atoms with E-state index >= 15 is 0 Å². The summed E-state index contributed by atoms with van der Waals surface area (Å²) in [7, 11) is 1.85. The molecule has 0 spiro atoms. The highest BCUT2D eigenvalue weighted by Gasteiger charge is 2.28. The number of hydrogen-bond acceptors (Lipinski definition) is 7. The molecule has 1 heterocycles. The van der Waals surface area contributed by atoms with Crippen LogP contribution in [0.1, 0.15) is 42.4 Å². The summed E-state index contributed by atoms with van der Waals surface area (Å²) in [5.74, 6) is 0.834. The zero-order chi connectivity index (χ0) is 23.8. The molecule has 1 unspecified atom stereocenters. The van der Waals surface area contributed by atoms with Gasteiger partial charge >= 0.3 is 0 Å². The van der Waals surface area contributed by atoms with Gasteiger partial charge in [0, 0.05) is 12.8 Å². The first-order valence-corrected chi connectivity index (χ1v) is 11.5. The summed E-state index contributed by atoms with van der Waals surface area (Å²) in [6, 6.07) is 19.0. The first-order valence-electron chi connectivity index (χ1n) is 10.5. The molecule has 0 bridgehead atoms. The van der Waals surface area contributed by atoms with E-state index in [1.54, 1.807) is 19.9 Å². The standard InChI is InChI=1S/C24H28N6O2S/c1-24(2,26)22(31)27-20(15-32-14-17-9-5-4-6-10-17)21-28-29-23(30(21)3)33-16-19-12-8-7-11-18(19)13-25/h4-12,20H,14-16,26H2,1-3H3,(H,27,31). The number of aromatic nitrogens is 3. The van der Waals surface area contributed by atoms with Gasteiger partial charge in [0.1, 0.15) is 6.04 Å². The van der Waals surface area contributed by atoms with Crippen LogP contribution in [0.3, 0.4) is 0 Å². The fraction of sp³-hybridized carbons (Fsp3) is 0.333. The maximum Gasteiger partial charge on any atom is 0.240 e. The molecule has 0 aliphatic carbocycles.